The minimum atomic E-state index is -0.821. The van der Waals surface area contributed by atoms with E-state index in [4.69, 9.17) is 5.73 Å². The Hall–Kier alpha value is -0.610. The summed E-state index contributed by atoms with van der Waals surface area (Å²) in [6.45, 7) is 3.48. The van der Waals surface area contributed by atoms with Gasteiger partial charge in [-0.15, -0.1) is 0 Å². The summed E-state index contributed by atoms with van der Waals surface area (Å²) in [5.74, 6) is -0.214. The van der Waals surface area contributed by atoms with Gasteiger partial charge in [-0.25, -0.2) is 0 Å². The fourth-order valence-corrected chi connectivity index (χ4v) is 0.366. The van der Waals surface area contributed by atoms with Crippen LogP contribution >= 0.6 is 0 Å². The lowest BCUT2D eigenvalue weighted by atomic mass is 10.1. The average molecular weight is 146 g/mol. The first kappa shape index (κ1) is 9.39. The van der Waals surface area contributed by atoms with Crippen LogP contribution in [0, 0.1) is 0 Å². The van der Waals surface area contributed by atoms with Crippen LogP contribution in [0.2, 0.25) is 0 Å². The maximum Gasteiger partial charge on any atom is 0.241 e. The monoisotopic (exact) mass is 146 g/mol. The number of carbonyl (C=O) groups excluding carboxylic acids is 1. The molecular formula is C6H14N2O2. The maximum absolute atomic E-state index is 10.9. The molecule has 0 saturated heterocycles. The third-order valence-electron chi connectivity index (χ3n) is 0.962. The van der Waals surface area contributed by atoms with Crippen LogP contribution in [0.25, 0.3) is 0 Å². The molecule has 0 spiro atoms. The molecule has 0 radical (unpaired) electrons. The second-order valence-electron chi connectivity index (χ2n) is 2.66. The normalized spacial score (nSPS) is 11.2. The van der Waals surface area contributed by atoms with Gasteiger partial charge in [-0.2, -0.15) is 0 Å². The predicted molar refractivity (Wildman–Crippen MR) is 38.3 cm³/mol. The van der Waals surface area contributed by atoms with Crippen molar-refractivity contribution in [3.8, 4) is 0 Å². The highest BCUT2D eigenvalue weighted by atomic mass is 16.5. The van der Waals surface area contributed by atoms with Gasteiger partial charge in [0.25, 0.3) is 0 Å². The highest BCUT2D eigenvalue weighted by molar-refractivity contribution is 5.84. The van der Waals surface area contributed by atoms with E-state index in [9.17, 15) is 4.79 Å². The lowest BCUT2D eigenvalue weighted by Gasteiger charge is -2.16. The Kier molecular flexibility index (Phi) is 3.32. The van der Waals surface area contributed by atoms with Gasteiger partial charge in [0.15, 0.2) is 0 Å². The molecule has 0 aliphatic carbocycles. The molecule has 0 saturated carbocycles. The van der Waals surface area contributed by atoms with Gasteiger partial charge in [-0.05, 0) is 13.8 Å². The number of nitrogens with two attached hydrogens (primary N) is 1. The van der Waals surface area contributed by atoms with Crippen molar-refractivity contribution in [3.05, 3.63) is 0 Å². The summed E-state index contributed by atoms with van der Waals surface area (Å²) in [5.41, 5.74) is 4.63. The number of amides is 1. The molecular weight excluding hydrogens is 132 g/mol. The summed E-state index contributed by atoms with van der Waals surface area (Å²) in [4.78, 5) is 10.9. The summed E-state index contributed by atoms with van der Waals surface area (Å²) in [7, 11) is 1.50. The molecule has 3 N–H and O–H groups in total. The molecule has 0 aliphatic rings. The number of methoxy groups -OCH3 is 1. The Morgan fingerprint density at radius 2 is 2.20 bits per heavy atom. The third-order valence-corrected chi connectivity index (χ3v) is 0.962. The van der Waals surface area contributed by atoms with Crippen LogP contribution in [0.3, 0.4) is 0 Å². The van der Waals surface area contributed by atoms with Gasteiger partial charge in [-0.1, -0.05) is 0 Å². The molecule has 4 nitrogen and oxygen atoms in total. The number of hydrogen-bond acceptors (Lipinski definition) is 3. The van der Waals surface area contributed by atoms with Crippen molar-refractivity contribution < 1.29 is 9.53 Å². The first-order chi connectivity index (χ1) is 4.48. The summed E-state index contributed by atoms with van der Waals surface area (Å²) in [6.07, 6.45) is 0. The molecule has 4 heteroatoms. The zero-order valence-corrected chi connectivity index (χ0v) is 6.60. The Balaban J connectivity index is 3.64. The van der Waals surface area contributed by atoms with Gasteiger partial charge >= 0.3 is 0 Å². The fraction of sp³-hybridized carbons (Fsp3) is 0.833. The number of ether oxygens (including phenoxy) is 1. The van der Waals surface area contributed by atoms with E-state index in [2.05, 4.69) is 10.1 Å². The van der Waals surface area contributed by atoms with Crippen LogP contribution in [0.15, 0.2) is 0 Å². The largest absolute Gasteiger partial charge is 0.364 e. The van der Waals surface area contributed by atoms with Crippen LogP contribution in [-0.4, -0.2) is 25.3 Å². The second kappa shape index (κ2) is 3.53. The predicted octanol–water partition coefficient (Wildman–Crippen LogP) is -0.556. The van der Waals surface area contributed by atoms with Crippen molar-refractivity contribution in [1.82, 2.24) is 5.32 Å². The first-order valence-electron chi connectivity index (χ1n) is 3.04. The van der Waals surface area contributed by atoms with Crippen LogP contribution in [0.4, 0.5) is 0 Å². The fourth-order valence-electron chi connectivity index (χ4n) is 0.366. The summed E-state index contributed by atoms with van der Waals surface area (Å²) >= 11 is 0. The molecule has 0 fully saturated rings. The SMILES string of the molecule is COCNC(=O)C(C)(C)N. The Labute approximate surface area is 60.7 Å². The molecule has 0 atom stereocenters. The number of rotatable bonds is 3. The number of carbonyl (C=O) groups is 1. The van der Waals surface area contributed by atoms with Crippen LogP contribution in [0.1, 0.15) is 13.8 Å². The molecule has 0 unspecified atom stereocenters. The van der Waals surface area contributed by atoms with E-state index in [0.29, 0.717) is 0 Å². The molecule has 0 rings (SSSR count). The molecule has 1 amide bonds. The van der Waals surface area contributed by atoms with Crippen molar-refractivity contribution in [2.75, 3.05) is 13.8 Å². The van der Waals surface area contributed by atoms with E-state index in [1.165, 1.54) is 7.11 Å². The Bertz CT molecular complexity index is 117. The molecule has 0 bridgehead atoms. The summed E-state index contributed by atoms with van der Waals surface area (Å²) in [5, 5.41) is 2.49. The average Bonchev–Trinajstić information content (AvgIpc) is 1.80. The van der Waals surface area contributed by atoms with E-state index in [1.54, 1.807) is 13.8 Å². The van der Waals surface area contributed by atoms with Gasteiger partial charge in [-0.3, -0.25) is 4.79 Å². The molecule has 0 aliphatic heterocycles. The van der Waals surface area contributed by atoms with Crippen molar-refractivity contribution in [2.45, 2.75) is 19.4 Å². The third kappa shape index (κ3) is 3.42. The zero-order chi connectivity index (χ0) is 8.20. The Morgan fingerprint density at radius 3 is 2.50 bits per heavy atom. The minimum absolute atomic E-state index is 0.208. The van der Waals surface area contributed by atoms with Crippen molar-refractivity contribution >= 4 is 5.91 Å². The van der Waals surface area contributed by atoms with E-state index in [0.717, 1.165) is 0 Å². The van der Waals surface area contributed by atoms with Crippen molar-refractivity contribution in [2.24, 2.45) is 5.73 Å². The minimum Gasteiger partial charge on any atom is -0.364 e. The van der Waals surface area contributed by atoms with Crippen molar-refractivity contribution in [3.63, 3.8) is 0 Å². The first-order valence-corrected chi connectivity index (χ1v) is 3.04. The molecule has 10 heavy (non-hydrogen) atoms. The van der Waals surface area contributed by atoms with E-state index in [-0.39, 0.29) is 12.6 Å². The lowest BCUT2D eigenvalue weighted by Crippen LogP contribution is -2.49. The van der Waals surface area contributed by atoms with Gasteiger partial charge in [0, 0.05) is 7.11 Å². The van der Waals surface area contributed by atoms with Crippen LogP contribution in [-0.2, 0) is 9.53 Å². The van der Waals surface area contributed by atoms with Gasteiger partial charge in [0.1, 0.15) is 6.73 Å². The quantitative estimate of drug-likeness (QED) is 0.525. The summed E-state index contributed by atoms with van der Waals surface area (Å²) in [6, 6.07) is 0. The van der Waals surface area contributed by atoms with Gasteiger partial charge in [0.05, 0.1) is 5.54 Å². The van der Waals surface area contributed by atoms with Crippen molar-refractivity contribution in [1.29, 1.82) is 0 Å². The molecule has 0 aromatic carbocycles. The molecule has 0 heterocycles. The van der Waals surface area contributed by atoms with E-state index in [1.807, 2.05) is 0 Å². The highest BCUT2D eigenvalue weighted by Gasteiger charge is 2.20. The van der Waals surface area contributed by atoms with Crippen LogP contribution in [0.5, 0.6) is 0 Å². The smallest absolute Gasteiger partial charge is 0.241 e. The topological polar surface area (TPSA) is 64.3 Å². The number of nitrogens with one attached hydrogen (secondary N) is 1. The van der Waals surface area contributed by atoms with Gasteiger partial charge < -0.3 is 15.8 Å². The lowest BCUT2D eigenvalue weighted by molar-refractivity contribution is -0.126. The highest BCUT2D eigenvalue weighted by Crippen LogP contribution is 1.94. The van der Waals surface area contributed by atoms with Crippen LogP contribution < -0.4 is 11.1 Å². The molecule has 0 aromatic heterocycles. The van der Waals surface area contributed by atoms with Gasteiger partial charge in [0.2, 0.25) is 5.91 Å². The molecule has 0 aromatic rings. The van der Waals surface area contributed by atoms with E-state index >= 15 is 0 Å². The van der Waals surface area contributed by atoms with E-state index < -0.39 is 5.54 Å². The second-order valence-corrected chi connectivity index (χ2v) is 2.66. The summed E-state index contributed by atoms with van der Waals surface area (Å²) < 4.78 is 4.62. The maximum atomic E-state index is 10.9. The zero-order valence-electron chi connectivity index (χ0n) is 6.60. The Morgan fingerprint density at radius 1 is 1.70 bits per heavy atom. The number of hydrogen-bond donors (Lipinski definition) is 2. The molecule has 60 valence electrons. The standard InChI is InChI=1S/C6H14N2O2/c1-6(2,7)5(9)8-4-10-3/h4,7H2,1-3H3,(H,8,9).